The molecule has 0 spiro atoms. The van der Waals surface area contributed by atoms with Gasteiger partial charge in [-0.1, -0.05) is 0 Å². The quantitative estimate of drug-likeness (QED) is 0.416. The molecule has 0 unspecified atom stereocenters. The van der Waals surface area contributed by atoms with Gasteiger partial charge in [0.2, 0.25) is 0 Å². The Hall–Kier alpha value is -1.01. The molecule has 0 saturated carbocycles. The van der Waals surface area contributed by atoms with Gasteiger partial charge in [0, 0.05) is 12.4 Å². The number of aromatic nitrogens is 2. The van der Waals surface area contributed by atoms with E-state index in [0.717, 1.165) is 0 Å². The van der Waals surface area contributed by atoms with Gasteiger partial charge < -0.3 is 4.98 Å². The van der Waals surface area contributed by atoms with E-state index in [1.54, 1.807) is 18.7 Å². The van der Waals surface area contributed by atoms with E-state index in [9.17, 15) is 0 Å². The fraction of sp³-hybridized carbons (Fsp3) is 0. The highest BCUT2D eigenvalue weighted by Crippen LogP contribution is 1.62. The molecule has 0 aliphatic rings. The van der Waals surface area contributed by atoms with Crippen molar-refractivity contribution in [1.82, 2.24) is 9.97 Å². The van der Waals surface area contributed by atoms with Crippen LogP contribution in [0.5, 0.6) is 0 Å². The van der Waals surface area contributed by atoms with Crippen LogP contribution in [-0.2, 0) is 0 Å². The van der Waals surface area contributed by atoms with Crippen molar-refractivity contribution < 1.29 is 18.8 Å². The average Bonchev–Trinajstić information content (AvgIpc) is 1.76. The Morgan fingerprint density at radius 2 is 1.50 bits per heavy atom. The molecular weight excluding hydrogens is 151 g/mol. The van der Waals surface area contributed by atoms with Crippen molar-refractivity contribution in [3.8, 4) is 0 Å². The standard InChI is InChI=1S/C3H4N2.BH3.4FH/c1-2-5-3-4-1;;;;;/h1-3H,(H,4,5);1H3;4*1H. The Kier molecular flexibility index (Phi) is 88.3. The topological polar surface area (TPSA) is 28.7 Å². The van der Waals surface area contributed by atoms with Crippen molar-refractivity contribution in [3.05, 3.63) is 18.7 Å². The van der Waals surface area contributed by atoms with Gasteiger partial charge in [0.05, 0.1) is 14.7 Å². The summed E-state index contributed by atoms with van der Waals surface area (Å²) in [5.41, 5.74) is 0. The Labute approximate surface area is 57.1 Å². The molecule has 0 atom stereocenters. The summed E-state index contributed by atoms with van der Waals surface area (Å²) in [5, 5.41) is 0. The van der Waals surface area contributed by atoms with Crippen molar-refractivity contribution in [2.75, 3.05) is 0 Å². The zero-order valence-electron chi connectivity index (χ0n) is 4.31. The molecule has 1 heterocycles. The molecule has 1 N–H and O–H groups in total. The minimum absolute atomic E-state index is 0. The first kappa shape index (κ1) is 36.0. The van der Waals surface area contributed by atoms with Gasteiger partial charge in [-0.15, -0.1) is 0 Å². The van der Waals surface area contributed by atoms with Crippen LogP contribution in [0.3, 0.4) is 0 Å². The highest BCUT2D eigenvalue weighted by atomic mass is 19.0. The molecule has 0 saturated heterocycles. The van der Waals surface area contributed by atoms with Crippen LogP contribution in [0.4, 0.5) is 18.8 Å². The van der Waals surface area contributed by atoms with Gasteiger partial charge in [-0.3, -0.25) is 18.8 Å². The van der Waals surface area contributed by atoms with Gasteiger partial charge in [-0.2, -0.15) is 0 Å². The van der Waals surface area contributed by atoms with Gasteiger partial charge in [0.1, 0.15) is 0 Å². The number of H-pyrrole nitrogens is 1. The maximum atomic E-state index is 3.67. The maximum Gasteiger partial charge on any atom is 0.0919 e. The SMILES string of the molecule is B.F.F.F.F.c1c[nH]cn1. The van der Waals surface area contributed by atoms with Gasteiger partial charge in [0.25, 0.3) is 0 Å². The fourth-order valence-corrected chi connectivity index (χ4v) is 0.215. The third kappa shape index (κ3) is 15.8. The molecule has 2 nitrogen and oxygen atoms in total. The Balaban J connectivity index is -0.0000000167. The second-order valence-corrected chi connectivity index (χ2v) is 0.761. The van der Waals surface area contributed by atoms with Crippen molar-refractivity contribution in [3.63, 3.8) is 0 Å². The van der Waals surface area contributed by atoms with Gasteiger partial charge in [0.15, 0.2) is 0 Å². The first-order valence-corrected chi connectivity index (χ1v) is 1.43. The third-order valence-corrected chi connectivity index (χ3v) is 0.406. The van der Waals surface area contributed by atoms with E-state index in [2.05, 4.69) is 9.97 Å². The molecule has 0 radical (unpaired) electrons. The Bertz CT molecular complexity index is 75.0. The molecular formula is C3H11BF4N2. The molecule has 10 heavy (non-hydrogen) atoms. The smallest absolute Gasteiger partial charge is 0.0919 e. The summed E-state index contributed by atoms with van der Waals surface area (Å²) in [5.74, 6) is 0. The average molecular weight is 162 g/mol. The summed E-state index contributed by atoms with van der Waals surface area (Å²) >= 11 is 0. The summed E-state index contributed by atoms with van der Waals surface area (Å²) in [6.07, 6.45) is 5.08. The van der Waals surface area contributed by atoms with E-state index in [1.165, 1.54) is 0 Å². The number of nitrogens with one attached hydrogen (secondary N) is 1. The van der Waals surface area contributed by atoms with Crippen molar-refractivity contribution in [2.45, 2.75) is 0 Å². The van der Waals surface area contributed by atoms with E-state index in [1.807, 2.05) is 0 Å². The molecule has 7 heteroatoms. The molecule has 0 aliphatic heterocycles. The molecule has 0 bridgehead atoms. The first-order chi connectivity index (χ1) is 2.50. The zero-order chi connectivity index (χ0) is 3.54. The number of imidazole rings is 1. The number of nitrogens with zero attached hydrogens (tertiary/aromatic N) is 1. The van der Waals surface area contributed by atoms with E-state index < -0.39 is 0 Å². The lowest BCUT2D eigenvalue weighted by atomic mass is 10.8. The molecule has 0 fully saturated rings. The molecule has 0 amide bonds. The van der Waals surface area contributed by atoms with Crippen LogP contribution < -0.4 is 0 Å². The second kappa shape index (κ2) is 24.5. The predicted octanol–water partition coefficient (Wildman–Crippen LogP) is -0.164. The number of halogens is 4. The summed E-state index contributed by atoms with van der Waals surface area (Å²) in [7, 11) is 0. The summed E-state index contributed by atoms with van der Waals surface area (Å²) in [4.78, 5) is 6.42. The van der Waals surface area contributed by atoms with Crippen LogP contribution in [0.25, 0.3) is 0 Å². The fourth-order valence-electron chi connectivity index (χ4n) is 0.215. The van der Waals surface area contributed by atoms with Gasteiger partial charge in [-0.05, 0) is 0 Å². The van der Waals surface area contributed by atoms with E-state index in [0.29, 0.717) is 0 Å². The number of hydrogen-bond acceptors (Lipinski definition) is 1. The normalized spacial score (nSPS) is 4.00. The number of aromatic amines is 1. The molecule has 0 aromatic carbocycles. The predicted molar refractivity (Wildman–Crippen MR) is 38.5 cm³/mol. The van der Waals surface area contributed by atoms with E-state index in [4.69, 9.17) is 0 Å². The van der Waals surface area contributed by atoms with Crippen LogP contribution in [0.2, 0.25) is 0 Å². The van der Waals surface area contributed by atoms with Crippen LogP contribution in [0, 0.1) is 0 Å². The molecule has 64 valence electrons. The van der Waals surface area contributed by atoms with Crippen molar-refractivity contribution in [2.24, 2.45) is 0 Å². The lowest BCUT2D eigenvalue weighted by Crippen LogP contribution is -1.44. The van der Waals surface area contributed by atoms with Gasteiger partial charge in [-0.25, -0.2) is 4.98 Å². The molecule has 1 rings (SSSR count). The second-order valence-electron chi connectivity index (χ2n) is 0.761. The largest absolute Gasteiger partial charge is 0.351 e. The summed E-state index contributed by atoms with van der Waals surface area (Å²) < 4.78 is 0. The Morgan fingerprint density at radius 3 is 1.60 bits per heavy atom. The minimum atomic E-state index is 0. The van der Waals surface area contributed by atoms with Crippen molar-refractivity contribution >= 4 is 8.41 Å². The molecule has 1 aromatic heterocycles. The van der Waals surface area contributed by atoms with Crippen LogP contribution in [-0.4, -0.2) is 18.4 Å². The van der Waals surface area contributed by atoms with Gasteiger partial charge >= 0.3 is 0 Å². The maximum absolute atomic E-state index is 3.67. The van der Waals surface area contributed by atoms with Crippen LogP contribution in [0.1, 0.15) is 0 Å². The number of rotatable bonds is 0. The zero-order valence-corrected chi connectivity index (χ0v) is 4.31. The lowest BCUT2D eigenvalue weighted by Gasteiger charge is -1.46. The number of hydrogen-bond donors (Lipinski definition) is 1. The van der Waals surface area contributed by atoms with E-state index >= 15 is 0 Å². The first-order valence-electron chi connectivity index (χ1n) is 1.43. The lowest BCUT2D eigenvalue weighted by molar-refractivity contribution is 1.11. The molecule has 1 aromatic rings. The highest BCUT2D eigenvalue weighted by Gasteiger charge is 1.56. The third-order valence-electron chi connectivity index (χ3n) is 0.406. The van der Waals surface area contributed by atoms with Crippen molar-refractivity contribution in [1.29, 1.82) is 0 Å². The monoisotopic (exact) mass is 162 g/mol. The Morgan fingerprint density at radius 1 is 1.00 bits per heavy atom. The highest BCUT2D eigenvalue weighted by molar-refractivity contribution is 5.75. The van der Waals surface area contributed by atoms with Crippen LogP contribution in [0.15, 0.2) is 18.7 Å². The molecule has 0 aliphatic carbocycles. The van der Waals surface area contributed by atoms with Crippen LogP contribution >= 0.6 is 0 Å². The summed E-state index contributed by atoms with van der Waals surface area (Å²) in [6, 6.07) is 0. The minimum Gasteiger partial charge on any atom is -0.351 e. The van der Waals surface area contributed by atoms with E-state index in [-0.39, 0.29) is 27.2 Å². The summed E-state index contributed by atoms with van der Waals surface area (Å²) in [6.45, 7) is 0.